The zero-order valence-corrected chi connectivity index (χ0v) is 10.3. The van der Waals surface area contributed by atoms with Crippen LogP contribution in [0.1, 0.15) is 24.4 Å². The van der Waals surface area contributed by atoms with E-state index < -0.39 is 0 Å². The van der Waals surface area contributed by atoms with E-state index in [0.717, 1.165) is 30.8 Å². The Balaban J connectivity index is 2.04. The second-order valence-corrected chi connectivity index (χ2v) is 4.72. The van der Waals surface area contributed by atoms with Crippen LogP contribution in [0.3, 0.4) is 0 Å². The van der Waals surface area contributed by atoms with Crippen LogP contribution in [-0.2, 0) is 0 Å². The lowest BCUT2D eigenvalue weighted by Crippen LogP contribution is -2.09. The van der Waals surface area contributed by atoms with E-state index in [1.165, 1.54) is 11.1 Å². The molecule has 2 N–H and O–H groups in total. The topological polar surface area (TPSA) is 35.2 Å². The van der Waals surface area contributed by atoms with E-state index in [0.29, 0.717) is 0 Å². The van der Waals surface area contributed by atoms with Crippen LogP contribution in [0.4, 0.5) is 0 Å². The monoisotopic (exact) mass is 239 g/mol. The lowest BCUT2D eigenvalue weighted by Gasteiger charge is -2.13. The van der Waals surface area contributed by atoms with E-state index in [2.05, 4.69) is 36.4 Å². The van der Waals surface area contributed by atoms with Gasteiger partial charge in [0.2, 0.25) is 0 Å². The van der Waals surface area contributed by atoms with Gasteiger partial charge in [0.05, 0.1) is 6.61 Å². The first-order chi connectivity index (χ1) is 8.84. The smallest absolute Gasteiger partial charge is 0.124 e. The molecule has 0 fully saturated rings. The predicted molar refractivity (Wildman–Crippen MR) is 73.5 cm³/mol. The molecule has 0 spiro atoms. The maximum atomic E-state index is 6.21. The van der Waals surface area contributed by atoms with Crippen molar-refractivity contribution in [2.24, 2.45) is 5.73 Å². The second kappa shape index (κ2) is 4.83. The first kappa shape index (κ1) is 11.3. The molecule has 2 heteroatoms. The lowest BCUT2D eigenvalue weighted by atomic mass is 9.97. The van der Waals surface area contributed by atoms with Gasteiger partial charge in [0.15, 0.2) is 0 Å². The molecule has 1 aliphatic heterocycles. The molecular formula is C16H17NO. The van der Waals surface area contributed by atoms with Gasteiger partial charge < -0.3 is 10.5 Å². The Morgan fingerprint density at radius 1 is 1.00 bits per heavy atom. The summed E-state index contributed by atoms with van der Waals surface area (Å²) in [7, 11) is 0. The minimum atomic E-state index is 0.0890. The van der Waals surface area contributed by atoms with Gasteiger partial charge in [-0.15, -0.1) is 0 Å². The van der Waals surface area contributed by atoms with E-state index in [1.54, 1.807) is 0 Å². The van der Waals surface area contributed by atoms with Crippen molar-refractivity contribution in [3.05, 3.63) is 54.1 Å². The highest BCUT2D eigenvalue weighted by molar-refractivity contribution is 5.66. The largest absolute Gasteiger partial charge is 0.493 e. The van der Waals surface area contributed by atoms with Crippen molar-refractivity contribution in [2.75, 3.05) is 6.61 Å². The molecule has 0 amide bonds. The molecule has 0 bridgehead atoms. The molecule has 1 atom stereocenters. The third-order valence-electron chi connectivity index (χ3n) is 3.43. The highest BCUT2D eigenvalue weighted by Crippen LogP contribution is 2.33. The van der Waals surface area contributed by atoms with Gasteiger partial charge in [-0.25, -0.2) is 0 Å². The fraction of sp³-hybridized carbons (Fsp3) is 0.250. The zero-order valence-electron chi connectivity index (χ0n) is 10.3. The van der Waals surface area contributed by atoms with E-state index >= 15 is 0 Å². The molecular weight excluding hydrogens is 222 g/mol. The minimum absolute atomic E-state index is 0.0890. The quantitative estimate of drug-likeness (QED) is 0.826. The summed E-state index contributed by atoms with van der Waals surface area (Å²) in [5.74, 6) is 0.944. The van der Waals surface area contributed by atoms with Gasteiger partial charge in [-0.3, -0.25) is 0 Å². The number of hydrogen-bond acceptors (Lipinski definition) is 2. The summed E-state index contributed by atoms with van der Waals surface area (Å²) in [4.78, 5) is 0. The van der Waals surface area contributed by atoms with Crippen LogP contribution >= 0.6 is 0 Å². The van der Waals surface area contributed by atoms with E-state index in [4.69, 9.17) is 10.5 Å². The average Bonchev–Trinajstić information content (AvgIpc) is 2.62. The van der Waals surface area contributed by atoms with Crippen molar-refractivity contribution in [3.8, 4) is 16.9 Å². The third kappa shape index (κ3) is 2.12. The fourth-order valence-corrected chi connectivity index (χ4v) is 2.42. The van der Waals surface area contributed by atoms with Crippen molar-refractivity contribution >= 4 is 0 Å². The maximum absolute atomic E-state index is 6.21. The van der Waals surface area contributed by atoms with E-state index in [-0.39, 0.29) is 6.04 Å². The summed E-state index contributed by atoms with van der Waals surface area (Å²) in [5, 5.41) is 0. The van der Waals surface area contributed by atoms with E-state index in [1.807, 2.05) is 12.1 Å². The fourth-order valence-electron chi connectivity index (χ4n) is 2.42. The van der Waals surface area contributed by atoms with Gasteiger partial charge in [0.25, 0.3) is 0 Å². The molecule has 2 aromatic rings. The maximum Gasteiger partial charge on any atom is 0.124 e. The third-order valence-corrected chi connectivity index (χ3v) is 3.43. The lowest BCUT2D eigenvalue weighted by molar-refractivity contribution is 0.316. The van der Waals surface area contributed by atoms with E-state index in [9.17, 15) is 0 Å². The number of benzene rings is 2. The van der Waals surface area contributed by atoms with Crippen LogP contribution in [-0.4, -0.2) is 6.61 Å². The Kier molecular flexibility index (Phi) is 3.03. The molecule has 0 radical (unpaired) electrons. The molecule has 2 aromatic carbocycles. The molecule has 1 aliphatic rings. The van der Waals surface area contributed by atoms with Gasteiger partial charge >= 0.3 is 0 Å². The van der Waals surface area contributed by atoms with Crippen molar-refractivity contribution < 1.29 is 4.74 Å². The normalized spacial score (nSPS) is 18.6. The molecule has 0 aromatic heterocycles. The summed E-state index contributed by atoms with van der Waals surface area (Å²) in [5.41, 5.74) is 9.77. The molecule has 0 saturated heterocycles. The molecule has 0 saturated carbocycles. The number of hydrogen-bond donors (Lipinski definition) is 1. The van der Waals surface area contributed by atoms with Crippen molar-refractivity contribution in [2.45, 2.75) is 18.9 Å². The average molecular weight is 239 g/mol. The van der Waals surface area contributed by atoms with Gasteiger partial charge in [-0.05, 0) is 36.1 Å². The predicted octanol–water partition coefficient (Wildman–Crippen LogP) is 3.53. The Labute approximate surface area is 107 Å². The Morgan fingerprint density at radius 2 is 1.83 bits per heavy atom. The number of fused-ring (bicyclic) bond motifs is 1. The zero-order chi connectivity index (χ0) is 12.4. The summed E-state index contributed by atoms with van der Waals surface area (Å²) in [6, 6.07) is 16.8. The summed E-state index contributed by atoms with van der Waals surface area (Å²) >= 11 is 0. The standard InChI is InChI=1S/C16H17NO/c17-15-7-4-10-18-16-9-8-13(11-14(15)16)12-5-2-1-3-6-12/h1-3,5-6,8-9,11,15H,4,7,10,17H2. The van der Waals surface area contributed by atoms with Crippen molar-refractivity contribution in [3.63, 3.8) is 0 Å². The molecule has 1 unspecified atom stereocenters. The second-order valence-electron chi connectivity index (χ2n) is 4.72. The molecule has 2 nitrogen and oxygen atoms in total. The molecule has 1 heterocycles. The highest BCUT2D eigenvalue weighted by atomic mass is 16.5. The molecule has 18 heavy (non-hydrogen) atoms. The van der Waals surface area contributed by atoms with Crippen molar-refractivity contribution in [1.29, 1.82) is 0 Å². The van der Waals surface area contributed by atoms with Crippen LogP contribution in [0.15, 0.2) is 48.5 Å². The summed E-state index contributed by atoms with van der Waals surface area (Å²) in [6.07, 6.45) is 2.02. The number of ether oxygens (including phenoxy) is 1. The summed E-state index contributed by atoms with van der Waals surface area (Å²) in [6.45, 7) is 0.769. The molecule has 92 valence electrons. The number of nitrogens with two attached hydrogens (primary N) is 1. The van der Waals surface area contributed by atoms with Crippen LogP contribution < -0.4 is 10.5 Å². The summed E-state index contributed by atoms with van der Waals surface area (Å²) < 4.78 is 5.73. The minimum Gasteiger partial charge on any atom is -0.493 e. The van der Waals surface area contributed by atoms with Crippen LogP contribution in [0.25, 0.3) is 11.1 Å². The Bertz CT molecular complexity index is 536. The Morgan fingerprint density at radius 3 is 2.67 bits per heavy atom. The van der Waals surface area contributed by atoms with Gasteiger partial charge in [0.1, 0.15) is 5.75 Å². The van der Waals surface area contributed by atoms with Gasteiger partial charge in [0, 0.05) is 11.6 Å². The van der Waals surface area contributed by atoms with Crippen molar-refractivity contribution in [1.82, 2.24) is 0 Å². The SMILES string of the molecule is NC1CCCOc2ccc(-c3ccccc3)cc21. The van der Waals surface area contributed by atoms with Crippen LogP contribution in [0.2, 0.25) is 0 Å². The Hall–Kier alpha value is -1.80. The first-order valence-electron chi connectivity index (χ1n) is 6.42. The van der Waals surface area contributed by atoms with Crippen LogP contribution in [0.5, 0.6) is 5.75 Å². The molecule has 3 rings (SSSR count). The van der Waals surface area contributed by atoms with Crippen LogP contribution in [0, 0.1) is 0 Å². The highest BCUT2D eigenvalue weighted by Gasteiger charge is 2.16. The number of rotatable bonds is 1. The first-order valence-corrected chi connectivity index (χ1v) is 6.42. The van der Waals surface area contributed by atoms with Gasteiger partial charge in [-0.2, -0.15) is 0 Å². The van der Waals surface area contributed by atoms with Gasteiger partial charge in [-0.1, -0.05) is 36.4 Å². The molecule has 0 aliphatic carbocycles.